The second kappa shape index (κ2) is 17.2. The Hall–Kier alpha value is -2.33. The van der Waals surface area contributed by atoms with Crippen molar-refractivity contribution in [2.75, 3.05) is 13.2 Å². The zero-order valence-corrected chi connectivity index (χ0v) is 21.5. The number of hydrogen-bond donors (Lipinski definition) is 0. The molecule has 0 saturated carbocycles. The number of para-hydroxylation sites is 2. The predicted molar refractivity (Wildman–Crippen MR) is 140 cm³/mol. The number of rotatable bonds is 18. The van der Waals surface area contributed by atoms with E-state index < -0.39 is 0 Å². The molecule has 1 unspecified atom stereocenters. The summed E-state index contributed by atoms with van der Waals surface area (Å²) in [5.41, 5.74) is 1.56. The molecule has 188 valence electrons. The molecule has 2 rings (SSSR count). The SMILES string of the molecule is CCCCCCCCCCCCOc1ccccc1OC(=O)c1ccc(C(C)OCCC)cc1. The number of esters is 1. The van der Waals surface area contributed by atoms with Gasteiger partial charge in [-0.1, -0.05) is 95.9 Å². The summed E-state index contributed by atoms with van der Waals surface area (Å²) in [6.45, 7) is 7.72. The zero-order valence-electron chi connectivity index (χ0n) is 21.5. The molecule has 0 spiro atoms. The van der Waals surface area contributed by atoms with Crippen LogP contribution < -0.4 is 9.47 Å². The number of ether oxygens (including phenoxy) is 3. The van der Waals surface area contributed by atoms with Crippen LogP contribution in [0.15, 0.2) is 48.5 Å². The fraction of sp³-hybridized carbons (Fsp3) is 0.567. The molecule has 0 aliphatic rings. The summed E-state index contributed by atoms with van der Waals surface area (Å²) in [5.74, 6) is 0.692. The van der Waals surface area contributed by atoms with Gasteiger partial charge in [-0.25, -0.2) is 4.79 Å². The highest BCUT2D eigenvalue weighted by Crippen LogP contribution is 2.28. The summed E-state index contributed by atoms with van der Waals surface area (Å²) in [6.07, 6.45) is 13.9. The first kappa shape index (κ1) is 27.9. The van der Waals surface area contributed by atoms with Crippen LogP contribution in [0, 0.1) is 0 Å². The number of unbranched alkanes of at least 4 members (excludes halogenated alkanes) is 9. The van der Waals surface area contributed by atoms with Gasteiger partial charge in [-0.15, -0.1) is 0 Å². The summed E-state index contributed by atoms with van der Waals surface area (Å²) in [7, 11) is 0. The minimum Gasteiger partial charge on any atom is -0.490 e. The van der Waals surface area contributed by atoms with Gasteiger partial charge in [0, 0.05) is 6.61 Å². The molecule has 0 bridgehead atoms. The van der Waals surface area contributed by atoms with Gasteiger partial charge in [-0.2, -0.15) is 0 Å². The molecule has 34 heavy (non-hydrogen) atoms. The van der Waals surface area contributed by atoms with Crippen molar-refractivity contribution in [2.45, 2.75) is 97.5 Å². The van der Waals surface area contributed by atoms with Crippen molar-refractivity contribution in [3.63, 3.8) is 0 Å². The smallest absolute Gasteiger partial charge is 0.343 e. The predicted octanol–water partition coefficient (Wildman–Crippen LogP) is 8.69. The molecule has 0 heterocycles. The van der Waals surface area contributed by atoms with Crippen LogP contribution in [0.3, 0.4) is 0 Å². The monoisotopic (exact) mass is 468 g/mol. The van der Waals surface area contributed by atoms with Crippen molar-refractivity contribution in [3.05, 3.63) is 59.7 Å². The second-order valence-electron chi connectivity index (χ2n) is 9.00. The maximum Gasteiger partial charge on any atom is 0.343 e. The van der Waals surface area contributed by atoms with Gasteiger partial charge in [-0.05, 0) is 49.6 Å². The van der Waals surface area contributed by atoms with E-state index in [1.54, 1.807) is 18.2 Å². The van der Waals surface area contributed by atoms with E-state index in [-0.39, 0.29) is 12.1 Å². The Bertz CT molecular complexity index is 800. The van der Waals surface area contributed by atoms with E-state index in [1.807, 2.05) is 37.3 Å². The molecule has 0 saturated heterocycles. The molecule has 0 fully saturated rings. The van der Waals surface area contributed by atoms with Gasteiger partial charge >= 0.3 is 5.97 Å². The summed E-state index contributed by atoms with van der Waals surface area (Å²) in [4.78, 5) is 12.7. The van der Waals surface area contributed by atoms with Crippen LogP contribution in [0.25, 0.3) is 0 Å². The molecule has 4 nitrogen and oxygen atoms in total. The van der Waals surface area contributed by atoms with Gasteiger partial charge in [0.05, 0.1) is 18.3 Å². The zero-order chi connectivity index (χ0) is 24.4. The maximum atomic E-state index is 12.7. The first-order chi connectivity index (χ1) is 16.7. The van der Waals surface area contributed by atoms with Gasteiger partial charge < -0.3 is 14.2 Å². The van der Waals surface area contributed by atoms with Crippen LogP contribution in [0.2, 0.25) is 0 Å². The fourth-order valence-electron chi connectivity index (χ4n) is 3.87. The number of benzene rings is 2. The van der Waals surface area contributed by atoms with Crippen LogP contribution in [-0.2, 0) is 4.74 Å². The standard InChI is InChI=1S/C30H44O4/c1-4-6-7-8-9-10-11-12-13-16-24-33-28-17-14-15-18-29(28)34-30(31)27-21-19-26(20-22-27)25(3)32-23-5-2/h14-15,17-22,25H,4-13,16,23-24H2,1-3H3. The molecule has 0 aliphatic heterocycles. The Morgan fingerprint density at radius 1 is 0.706 bits per heavy atom. The minimum absolute atomic E-state index is 0.00458. The highest BCUT2D eigenvalue weighted by molar-refractivity contribution is 5.91. The van der Waals surface area contributed by atoms with E-state index in [2.05, 4.69) is 13.8 Å². The molecule has 0 aliphatic carbocycles. The third-order valence-corrected chi connectivity index (χ3v) is 6.00. The maximum absolute atomic E-state index is 12.7. The Kier molecular flexibility index (Phi) is 14.1. The van der Waals surface area contributed by atoms with Crippen LogP contribution >= 0.6 is 0 Å². The van der Waals surface area contributed by atoms with Crippen LogP contribution in [0.4, 0.5) is 0 Å². The Morgan fingerprint density at radius 3 is 1.91 bits per heavy atom. The van der Waals surface area contributed by atoms with Gasteiger partial charge in [-0.3, -0.25) is 0 Å². The molecule has 0 aromatic heterocycles. The van der Waals surface area contributed by atoms with Crippen molar-refractivity contribution >= 4 is 5.97 Å². The largest absolute Gasteiger partial charge is 0.490 e. The summed E-state index contributed by atoms with van der Waals surface area (Å²) >= 11 is 0. The van der Waals surface area contributed by atoms with E-state index >= 15 is 0 Å². The van der Waals surface area contributed by atoms with E-state index in [4.69, 9.17) is 14.2 Å². The van der Waals surface area contributed by atoms with Crippen LogP contribution in [0.5, 0.6) is 11.5 Å². The fourth-order valence-corrected chi connectivity index (χ4v) is 3.87. The highest BCUT2D eigenvalue weighted by atomic mass is 16.6. The molecular weight excluding hydrogens is 424 g/mol. The van der Waals surface area contributed by atoms with Gasteiger partial charge in [0.25, 0.3) is 0 Å². The molecule has 4 heteroatoms. The van der Waals surface area contributed by atoms with Crippen molar-refractivity contribution in [3.8, 4) is 11.5 Å². The average Bonchev–Trinajstić information content (AvgIpc) is 2.86. The summed E-state index contributed by atoms with van der Waals surface area (Å²) in [6, 6.07) is 14.8. The average molecular weight is 469 g/mol. The van der Waals surface area contributed by atoms with E-state index in [0.29, 0.717) is 23.7 Å². The number of carbonyl (C=O) groups excluding carboxylic acids is 1. The molecular formula is C30H44O4. The summed E-state index contributed by atoms with van der Waals surface area (Å²) in [5, 5.41) is 0. The van der Waals surface area contributed by atoms with E-state index in [9.17, 15) is 4.79 Å². The van der Waals surface area contributed by atoms with E-state index in [0.717, 1.165) is 25.0 Å². The lowest BCUT2D eigenvalue weighted by Crippen LogP contribution is -2.10. The van der Waals surface area contributed by atoms with Crippen LogP contribution in [-0.4, -0.2) is 19.2 Å². The molecule has 2 aromatic carbocycles. The minimum atomic E-state index is -0.385. The lowest BCUT2D eigenvalue weighted by atomic mass is 10.1. The highest BCUT2D eigenvalue weighted by Gasteiger charge is 2.13. The molecule has 1 atom stereocenters. The molecule has 0 N–H and O–H groups in total. The second-order valence-corrected chi connectivity index (χ2v) is 9.00. The van der Waals surface area contributed by atoms with Crippen molar-refractivity contribution in [1.82, 2.24) is 0 Å². The third kappa shape index (κ3) is 10.7. The van der Waals surface area contributed by atoms with Gasteiger partial charge in [0.15, 0.2) is 11.5 Å². The molecule has 2 aromatic rings. The topological polar surface area (TPSA) is 44.8 Å². The Balaban J connectivity index is 1.72. The normalized spacial score (nSPS) is 11.9. The number of hydrogen-bond acceptors (Lipinski definition) is 4. The Labute approximate surface area is 207 Å². The van der Waals surface area contributed by atoms with Crippen molar-refractivity contribution in [1.29, 1.82) is 0 Å². The molecule has 0 amide bonds. The Morgan fingerprint density at radius 2 is 1.29 bits per heavy atom. The molecule has 0 radical (unpaired) electrons. The summed E-state index contributed by atoms with van der Waals surface area (Å²) < 4.78 is 17.3. The first-order valence-electron chi connectivity index (χ1n) is 13.3. The quantitative estimate of drug-likeness (QED) is 0.125. The lowest BCUT2D eigenvalue weighted by molar-refractivity contribution is 0.0660. The van der Waals surface area contributed by atoms with Gasteiger partial charge in [0.1, 0.15) is 0 Å². The van der Waals surface area contributed by atoms with Crippen molar-refractivity contribution in [2.24, 2.45) is 0 Å². The van der Waals surface area contributed by atoms with Gasteiger partial charge in [0.2, 0.25) is 0 Å². The van der Waals surface area contributed by atoms with E-state index in [1.165, 1.54) is 57.8 Å². The van der Waals surface area contributed by atoms with Crippen LogP contribution in [0.1, 0.15) is 113 Å². The number of carbonyl (C=O) groups is 1. The third-order valence-electron chi connectivity index (χ3n) is 6.00. The first-order valence-corrected chi connectivity index (χ1v) is 13.3. The van der Waals surface area contributed by atoms with Crippen molar-refractivity contribution < 1.29 is 19.0 Å². The lowest BCUT2D eigenvalue weighted by Gasteiger charge is -2.14.